The summed E-state index contributed by atoms with van der Waals surface area (Å²) in [6.45, 7) is 3.47. The Hall–Kier alpha value is -1.84. The summed E-state index contributed by atoms with van der Waals surface area (Å²) in [6.07, 6.45) is 4.85. The maximum Gasteiger partial charge on any atom is 0.225 e. The number of piperidine rings is 1. The van der Waals surface area contributed by atoms with Crippen molar-refractivity contribution >= 4 is 11.8 Å². The van der Waals surface area contributed by atoms with Gasteiger partial charge < -0.3 is 10.2 Å². The molecule has 1 saturated heterocycles. The van der Waals surface area contributed by atoms with Crippen LogP contribution in [0.5, 0.6) is 0 Å². The summed E-state index contributed by atoms with van der Waals surface area (Å²) in [5.74, 6) is 0.731. The molecule has 1 aromatic carbocycles. The molecule has 0 spiro atoms. The second-order valence-corrected chi connectivity index (χ2v) is 6.87. The van der Waals surface area contributed by atoms with Gasteiger partial charge in [0.25, 0.3) is 0 Å². The average Bonchev–Trinajstić information content (AvgIpc) is 2.54. The quantitative estimate of drug-likeness (QED) is 0.929. The molecule has 0 bridgehead atoms. The van der Waals surface area contributed by atoms with Gasteiger partial charge in [-0.3, -0.25) is 9.59 Å². The number of carbonyl (C=O) groups excluding carboxylic acids is 2. The summed E-state index contributed by atoms with van der Waals surface area (Å²) < 4.78 is 0. The fraction of sp³-hybridized carbons (Fsp3) is 0.579. The van der Waals surface area contributed by atoms with E-state index in [1.54, 1.807) is 0 Å². The second-order valence-electron chi connectivity index (χ2n) is 6.87. The van der Waals surface area contributed by atoms with Crippen LogP contribution >= 0.6 is 0 Å². The number of carbonyl (C=O) groups is 2. The first-order valence-electron chi connectivity index (χ1n) is 8.79. The summed E-state index contributed by atoms with van der Waals surface area (Å²) in [5.41, 5.74) is 1.12. The number of hydrogen-bond acceptors (Lipinski definition) is 2. The van der Waals surface area contributed by atoms with Crippen LogP contribution in [0.2, 0.25) is 0 Å². The van der Waals surface area contributed by atoms with E-state index >= 15 is 0 Å². The van der Waals surface area contributed by atoms with Crippen LogP contribution in [0.4, 0.5) is 0 Å². The third-order valence-corrected chi connectivity index (χ3v) is 5.29. The molecule has 4 nitrogen and oxygen atoms in total. The van der Waals surface area contributed by atoms with Crippen molar-refractivity contribution in [1.82, 2.24) is 10.2 Å². The second kappa shape index (κ2) is 7.16. The molecule has 0 aromatic heterocycles. The maximum atomic E-state index is 12.4. The lowest BCUT2D eigenvalue weighted by Gasteiger charge is -2.36. The first kappa shape index (κ1) is 16.0. The molecule has 1 heterocycles. The summed E-state index contributed by atoms with van der Waals surface area (Å²) in [5, 5.41) is 3.11. The minimum Gasteiger partial charge on any atom is -0.349 e. The number of likely N-dealkylation sites (tertiary alicyclic amines) is 1. The zero-order valence-corrected chi connectivity index (χ0v) is 13.8. The molecule has 1 aliphatic carbocycles. The van der Waals surface area contributed by atoms with Crippen LogP contribution < -0.4 is 5.32 Å². The van der Waals surface area contributed by atoms with E-state index in [1.165, 1.54) is 6.42 Å². The van der Waals surface area contributed by atoms with Crippen molar-refractivity contribution < 1.29 is 9.59 Å². The highest BCUT2D eigenvalue weighted by Crippen LogP contribution is 2.30. The van der Waals surface area contributed by atoms with Gasteiger partial charge in [0.2, 0.25) is 11.8 Å². The van der Waals surface area contributed by atoms with Gasteiger partial charge in [-0.15, -0.1) is 0 Å². The molecule has 0 radical (unpaired) electrons. The molecule has 2 amide bonds. The number of rotatable bonds is 4. The van der Waals surface area contributed by atoms with Gasteiger partial charge in [0.05, 0.1) is 6.04 Å². The van der Waals surface area contributed by atoms with E-state index < -0.39 is 0 Å². The van der Waals surface area contributed by atoms with E-state index in [-0.39, 0.29) is 23.8 Å². The van der Waals surface area contributed by atoms with Crippen molar-refractivity contribution in [2.75, 3.05) is 13.1 Å². The van der Waals surface area contributed by atoms with Gasteiger partial charge in [0, 0.05) is 24.9 Å². The predicted molar refractivity (Wildman–Crippen MR) is 89.6 cm³/mol. The Morgan fingerprint density at radius 2 is 1.70 bits per heavy atom. The number of hydrogen-bond donors (Lipinski definition) is 1. The van der Waals surface area contributed by atoms with Crippen LogP contribution in [-0.4, -0.2) is 29.8 Å². The van der Waals surface area contributed by atoms with Gasteiger partial charge >= 0.3 is 0 Å². The SMILES string of the molecule is CC(NC(=O)C1CCN(C(=O)C2CCC2)CC1)c1ccccc1. The van der Waals surface area contributed by atoms with Gasteiger partial charge in [0.15, 0.2) is 0 Å². The molecule has 1 unspecified atom stereocenters. The van der Waals surface area contributed by atoms with E-state index in [1.807, 2.05) is 42.2 Å². The fourth-order valence-electron chi connectivity index (χ4n) is 3.43. The summed E-state index contributed by atoms with van der Waals surface area (Å²) in [6, 6.07) is 10.0. The number of nitrogens with zero attached hydrogens (tertiary/aromatic N) is 1. The van der Waals surface area contributed by atoms with E-state index in [9.17, 15) is 9.59 Å². The third-order valence-electron chi connectivity index (χ3n) is 5.29. The molecule has 2 fully saturated rings. The monoisotopic (exact) mass is 314 g/mol. The molecule has 1 N–H and O–H groups in total. The van der Waals surface area contributed by atoms with Crippen LogP contribution in [0.15, 0.2) is 30.3 Å². The largest absolute Gasteiger partial charge is 0.349 e. The van der Waals surface area contributed by atoms with Crippen molar-refractivity contribution in [3.63, 3.8) is 0 Å². The molecule has 1 atom stereocenters. The highest BCUT2D eigenvalue weighted by atomic mass is 16.2. The topological polar surface area (TPSA) is 49.4 Å². The minimum atomic E-state index is 0.0262. The van der Waals surface area contributed by atoms with Gasteiger partial charge in [-0.25, -0.2) is 0 Å². The van der Waals surface area contributed by atoms with Gasteiger partial charge in [0.1, 0.15) is 0 Å². The standard InChI is InChI=1S/C19H26N2O2/c1-14(15-6-3-2-4-7-15)20-18(22)16-10-12-21(13-11-16)19(23)17-8-5-9-17/h2-4,6-7,14,16-17H,5,8-13H2,1H3,(H,20,22). The smallest absolute Gasteiger partial charge is 0.225 e. The fourth-order valence-corrected chi connectivity index (χ4v) is 3.43. The van der Waals surface area contributed by atoms with Crippen LogP contribution in [0.25, 0.3) is 0 Å². The molecule has 1 aromatic rings. The van der Waals surface area contributed by atoms with Crippen molar-refractivity contribution in [3.05, 3.63) is 35.9 Å². The maximum absolute atomic E-state index is 12.4. The lowest BCUT2D eigenvalue weighted by atomic mass is 9.83. The number of nitrogens with one attached hydrogen (secondary N) is 1. The highest BCUT2D eigenvalue weighted by Gasteiger charge is 2.33. The van der Waals surface area contributed by atoms with Gasteiger partial charge in [-0.1, -0.05) is 36.8 Å². The van der Waals surface area contributed by atoms with E-state index in [2.05, 4.69) is 5.32 Å². The first-order valence-corrected chi connectivity index (χ1v) is 8.79. The van der Waals surface area contributed by atoms with Crippen molar-refractivity contribution in [1.29, 1.82) is 0 Å². The molecule has 124 valence electrons. The van der Waals surface area contributed by atoms with Crippen LogP contribution in [-0.2, 0) is 9.59 Å². The van der Waals surface area contributed by atoms with Gasteiger partial charge in [-0.05, 0) is 38.2 Å². The van der Waals surface area contributed by atoms with Crippen molar-refractivity contribution in [2.24, 2.45) is 11.8 Å². The summed E-state index contributed by atoms with van der Waals surface area (Å²) in [4.78, 5) is 26.7. The molecule has 1 saturated carbocycles. The Balaban J connectivity index is 1.47. The zero-order chi connectivity index (χ0) is 16.2. The van der Waals surface area contributed by atoms with Crippen LogP contribution in [0.3, 0.4) is 0 Å². The number of amides is 2. The molecule has 3 rings (SSSR count). The predicted octanol–water partition coefficient (Wildman–Crippen LogP) is 2.90. The minimum absolute atomic E-state index is 0.0262. The van der Waals surface area contributed by atoms with E-state index in [0.717, 1.165) is 44.3 Å². The highest BCUT2D eigenvalue weighted by molar-refractivity contribution is 5.81. The van der Waals surface area contributed by atoms with Crippen molar-refractivity contribution in [2.45, 2.75) is 45.1 Å². The lowest BCUT2D eigenvalue weighted by molar-refractivity contribution is -0.141. The Morgan fingerprint density at radius 3 is 2.26 bits per heavy atom. The van der Waals surface area contributed by atoms with Crippen LogP contribution in [0, 0.1) is 11.8 Å². The molecule has 2 aliphatic rings. The van der Waals surface area contributed by atoms with Gasteiger partial charge in [-0.2, -0.15) is 0 Å². The molecule has 23 heavy (non-hydrogen) atoms. The molecule has 1 aliphatic heterocycles. The van der Waals surface area contributed by atoms with E-state index in [4.69, 9.17) is 0 Å². The zero-order valence-electron chi connectivity index (χ0n) is 13.8. The Morgan fingerprint density at radius 1 is 1.04 bits per heavy atom. The number of benzene rings is 1. The normalized spacial score (nSPS) is 20.7. The lowest BCUT2D eigenvalue weighted by Crippen LogP contribution is -2.46. The molecular formula is C19H26N2O2. The summed E-state index contributed by atoms with van der Waals surface area (Å²) >= 11 is 0. The third kappa shape index (κ3) is 3.74. The van der Waals surface area contributed by atoms with E-state index in [0.29, 0.717) is 5.91 Å². The Bertz CT molecular complexity index is 546. The van der Waals surface area contributed by atoms with Crippen LogP contribution in [0.1, 0.15) is 50.6 Å². The first-order chi connectivity index (χ1) is 11.1. The Kier molecular flexibility index (Phi) is 4.99. The molecular weight excluding hydrogens is 288 g/mol. The molecule has 4 heteroatoms. The summed E-state index contributed by atoms with van der Waals surface area (Å²) in [7, 11) is 0. The average molecular weight is 314 g/mol. The van der Waals surface area contributed by atoms with Crippen molar-refractivity contribution in [3.8, 4) is 0 Å². The Labute approximate surface area is 138 Å².